The molecule has 0 unspecified atom stereocenters. The zero-order chi connectivity index (χ0) is 19.1. The highest BCUT2D eigenvalue weighted by Crippen LogP contribution is 2.38. The molecule has 0 aliphatic carbocycles. The molecule has 26 heavy (non-hydrogen) atoms. The summed E-state index contributed by atoms with van der Waals surface area (Å²) in [6, 6.07) is 9.75. The highest BCUT2D eigenvalue weighted by atomic mass is 32.2. The molecule has 1 heterocycles. The van der Waals surface area contributed by atoms with Gasteiger partial charge < -0.3 is 4.42 Å². The molecule has 3 rings (SSSR count). The summed E-state index contributed by atoms with van der Waals surface area (Å²) in [6.07, 6.45) is 0. The van der Waals surface area contributed by atoms with Crippen molar-refractivity contribution in [3.05, 3.63) is 79.2 Å². The number of fused-ring (bicyclic) bond motifs is 1. The smallest absolute Gasteiger partial charge is 0.362 e. The Labute approximate surface area is 144 Å². The second-order valence-electron chi connectivity index (χ2n) is 5.05. The summed E-state index contributed by atoms with van der Waals surface area (Å²) >= 11 is 0. The molecule has 2 aromatic carbocycles. The summed E-state index contributed by atoms with van der Waals surface area (Å²) in [5, 5.41) is 22.1. The molecular weight excluding hydrogens is 368 g/mol. The maximum Gasteiger partial charge on any atom is 0.362 e. The third-order valence-corrected chi connectivity index (χ3v) is 5.34. The summed E-state index contributed by atoms with van der Waals surface area (Å²) in [4.78, 5) is 31.3. The Kier molecular flexibility index (Phi) is 4.00. The monoisotopic (exact) mass is 376 g/mol. The molecular formula is C15H8N2O8S. The van der Waals surface area contributed by atoms with Gasteiger partial charge in [0.2, 0.25) is 14.7 Å². The molecule has 0 N–H and O–H groups in total. The minimum Gasteiger partial charge on any atom is -0.421 e. The normalized spacial score (nSPS) is 11.4. The fraction of sp³-hybridized carbons (Fsp3) is 0. The molecule has 0 fully saturated rings. The Morgan fingerprint density at radius 3 is 2.12 bits per heavy atom. The summed E-state index contributed by atoms with van der Waals surface area (Å²) in [6.45, 7) is 0. The summed E-state index contributed by atoms with van der Waals surface area (Å²) in [7, 11) is -4.65. The second-order valence-corrected chi connectivity index (χ2v) is 6.93. The average molecular weight is 376 g/mol. The van der Waals surface area contributed by atoms with E-state index in [1.165, 1.54) is 24.3 Å². The van der Waals surface area contributed by atoms with E-state index in [-0.39, 0.29) is 4.90 Å². The van der Waals surface area contributed by atoms with Gasteiger partial charge in [-0.05, 0) is 18.2 Å². The van der Waals surface area contributed by atoms with E-state index in [1.54, 1.807) is 0 Å². The second kappa shape index (κ2) is 6.04. The first-order chi connectivity index (χ1) is 12.2. The van der Waals surface area contributed by atoms with Crippen molar-refractivity contribution < 1.29 is 22.7 Å². The van der Waals surface area contributed by atoms with Crippen molar-refractivity contribution in [3.63, 3.8) is 0 Å². The average Bonchev–Trinajstić information content (AvgIpc) is 2.60. The van der Waals surface area contributed by atoms with E-state index in [0.29, 0.717) is 0 Å². The van der Waals surface area contributed by atoms with Crippen molar-refractivity contribution in [2.24, 2.45) is 0 Å². The van der Waals surface area contributed by atoms with Crippen LogP contribution in [0.5, 0.6) is 0 Å². The number of hydrogen-bond donors (Lipinski definition) is 0. The van der Waals surface area contributed by atoms with Crippen molar-refractivity contribution in [1.29, 1.82) is 0 Å². The summed E-state index contributed by atoms with van der Waals surface area (Å²) in [5.41, 5.74) is -3.87. The Hall–Kier alpha value is -3.60. The lowest BCUT2D eigenvalue weighted by Crippen LogP contribution is -2.17. The highest BCUT2D eigenvalue weighted by Gasteiger charge is 2.38. The molecule has 0 saturated carbocycles. The van der Waals surface area contributed by atoms with Gasteiger partial charge in [0.1, 0.15) is 0 Å². The van der Waals surface area contributed by atoms with Crippen molar-refractivity contribution in [3.8, 4) is 0 Å². The van der Waals surface area contributed by atoms with Gasteiger partial charge in [-0.15, -0.1) is 0 Å². The first-order valence-corrected chi connectivity index (χ1v) is 8.42. The minimum atomic E-state index is -4.65. The van der Waals surface area contributed by atoms with Gasteiger partial charge in [0.05, 0.1) is 14.7 Å². The number of non-ortho nitro benzene ring substituents is 1. The van der Waals surface area contributed by atoms with E-state index in [1.807, 2.05) is 0 Å². The van der Waals surface area contributed by atoms with E-state index in [4.69, 9.17) is 4.42 Å². The molecule has 0 bridgehead atoms. The standard InChI is InChI=1S/C15H8N2O8S/c18-15-14(26(23,24)9-5-2-1-3-6-9)13(17(21)22)12-10(16(19)20)7-4-8-11(12)25-15/h1-8H. The first kappa shape index (κ1) is 17.2. The van der Waals surface area contributed by atoms with Crippen LogP contribution in [0, 0.1) is 20.2 Å². The number of hydrogen-bond acceptors (Lipinski definition) is 8. The molecule has 0 spiro atoms. The molecule has 1 aromatic heterocycles. The van der Waals surface area contributed by atoms with E-state index in [0.717, 1.165) is 24.3 Å². The third-order valence-electron chi connectivity index (χ3n) is 3.55. The van der Waals surface area contributed by atoms with E-state index in [2.05, 4.69) is 0 Å². The van der Waals surface area contributed by atoms with Gasteiger partial charge in [-0.25, -0.2) is 13.2 Å². The van der Waals surface area contributed by atoms with Crippen LogP contribution in [0.25, 0.3) is 11.0 Å². The van der Waals surface area contributed by atoms with Gasteiger partial charge in [0, 0.05) is 6.07 Å². The topological polar surface area (TPSA) is 151 Å². The van der Waals surface area contributed by atoms with Gasteiger partial charge >= 0.3 is 11.3 Å². The fourth-order valence-corrected chi connectivity index (χ4v) is 3.92. The molecule has 0 aliphatic heterocycles. The largest absolute Gasteiger partial charge is 0.421 e. The number of sulfone groups is 1. The maximum atomic E-state index is 12.8. The van der Waals surface area contributed by atoms with Crippen LogP contribution in [0.2, 0.25) is 0 Å². The van der Waals surface area contributed by atoms with E-state index in [9.17, 15) is 33.4 Å². The number of nitrogens with zero attached hydrogens (tertiary/aromatic N) is 2. The zero-order valence-corrected chi connectivity index (χ0v) is 13.5. The van der Waals surface area contributed by atoms with Gasteiger partial charge in [-0.3, -0.25) is 20.2 Å². The third kappa shape index (κ3) is 2.59. The van der Waals surface area contributed by atoms with Gasteiger partial charge in [0.15, 0.2) is 11.0 Å². The lowest BCUT2D eigenvalue weighted by Gasteiger charge is -2.06. The quantitative estimate of drug-likeness (QED) is 0.382. The van der Waals surface area contributed by atoms with Crippen molar-refractivity contribution >= 4 is 32.2 Å². The Bertz CT molecular complexity index is 1220. The molecule has 0 saturated heterocycles. The SMILES string of the molecule is O=c1oc2cccc([N+](=O)[O-])c2c([N+](=O)[O-])c1S(=O)(=O)c1ccccc1. The fourth-order valence-electron chi connectivity index (χ4n) is 2.48. The van der Waals surface area contributed by atoms with Crippen LogP contribution in [-0.4, -0.2) is 18.3 Å². The number of rotatable bonds is 4. The Morgan fingerprint density at radius 1 is 0.885 bits per heavy atom. The summed E-state index contributed by atoms with van der Waals surface area (Å²) in [5.74, 6) is 0. The Morgan fingerprint density at radius 2 is 1.54 bits per heavy atom. The number of nitro groups is 2. The molecule has 0 atom stereocenters. The van der Waals surface area contributed by atoms with Crippen molar-refractivity contribution in [1.82, 2.24) is 0 Å². The number of benzene rings is 2. The maximum absolute atomic E-state index is 12.8. The predicted octanol–water partition coefficient (Wildman–Crippen LogP) is 2.44. The van der Waals surface area contributed by atoms with Crippen LogP contribution in [0.15, 0.2) is 67.5 Å². The number of nitro benzene ring substituents is 1. The van der Waals surface area contributed by atoms with Crippen LogP contribution in [0.1, 0.15) is 0 Å². The van der Waals surface area contributed by atoms with Crippen LogP contribution in [0.4, 0.5) is 11.4 Å². The van der Waals surface area contributed by atoms with Crippen LogP contribution in [-0.2, 0) is 9.84 Å². The van der Waals surface area contributed by atoms with Crippen LogP contribution < -0.4 is 5.63 Å². The molecule has 3 aromatic rings. The predicted molar refractivity (Wildman–Crippen MR) is 87.7 cm³/mol. The molecule has 0 aliphatic rings. The Balaban J connectivity index is 2.56. The van der Waals surface area contributed by atoms with Crippen LogP contribution in [0.3, 0.4) is 0 Å². The minimum absolute atomic E-state index is 0.381. The first-order valence-electron chi connectivity index (χ1n) is 6.94. The van der Waals surface area contributed by atoms with Gasteiger partial charge in [-0.1, -0.05) is 24.3 Å². The van der Waals surface area contributed by atoms with Gasteiger partial charge in [0.25, 0.3) is 5.69 Å². The highest BCUT2D eigenvalue weighted by molar-refractivity contribution is 7.91. The van der Waals surface area contributed by atoms with E-state index >= 15 is 0 Å². The molecule has 10 nitrogen and oxygen atoms in total. The zero-order valence-electron chi connectivity index (χ0n) is 12.7. The van der Waals surface area contributed by atoms with Crippen molar-refractivity contribution in [2.75, 3.05) is 0 Å². The molecule has 0 radical (unpaired) electrons. The van der Waals surface area contributed by atoms with Gasteiger partial charge in [-0.2, -0.15) is 0 Å². The lowest BCUT2D eigenvalue weighted by molar-refractivity contribution is -0.392. The lowest BCUT2D eigenvalue weighted by atomic mass is 10.1. The van der Waals surface area contributed by atoms with Crippen LogP contribution >= 0.6 is 0 Å². The molecule has 132 valence electrons. The molecule has 11 heteroatoms. The molecule has 0 amide bonds. The summed E-state index contributed by atoms with van der Waals surface area (Å²) < 4.78 is 30.4. The van der Waals surface area contributed by atoms with E-state index < -0.39 is 52.5 Å². The van der Waals surface area contributed by atoms with Crippen molar-refractivity contribution in [2.45, 2.75) is 9.79 Å².